The number of imidazole rings is 1. The lowest BCUT2D eigenvalue weighted by atomic mass is 10.0. The van der Waals surface area contributed by atoms with Crippen LogP contribution in [0.3, 0.4) is 0 Å². The first-order valence-corrected chi connectivity index (χ1v) is 10.9. The average Bonchev–Trinajstić information content (AvgIpc) is 3.02. The van der Waals surface area contributed by atoms with Crippen molar-refractivity contribution in [2.75, 3.05) is 19.6 Å². The molecule has 0 aliphatic heterocycles. The molecular weight excluding hydrogens is 416 g/mol. The average molecular weight is 435 g/mol. The van der Waals surface area contributed by atoms with E-state index in [-0.39, 0.29) is 0 Å². The van der Waals surface area contributed by atoms with Gasteiger partial charge in [-0.2, -0.15) is 0 Å². The monoisotopic (exact) mass is 434 g/mol. The summed E-state index contributed by atoms with van der Waals surface area (Å²) >= 11 is 7.07. The lowest BCUT2D eigenvalue weighted by Crippen LogP contribution is -1.93. The van der Waals surface area contributed by atoms with Crippen molar-refractivity contribution in [1.82, 2.24) is 9.55 Å². The lowest BCUT2D eigenvalue weighted by Gasteiger charge is -2.12. The van der Waals surface area contributed by atoms with Gasteiger partial charge in [0.2, 0.25) is 0 Å². The molecule has 0 amide bonds. The van der Waals surface area contributed by atoms with Gasteiger partial charge in [-0.25, -0.2) is 4.98 Å². The quantitative estimate of drug-likeness (QED) is 0.462. The van der Waals surface area contributed by atoms with E-state index in [1.807, 2.05) is 19.6 Å². The first kappa shape index (κ1) is 18.4. The van der Waals surface area contributed by atoms with E-state index >= 15 is 0 Å². The van der Waals surface area contributed by atoms with Crippen molar-refractivity contribution in [3.63, 3.8) is 0 Å². The number of rotatable bonds is 5. The van der Waals surface area contributed by atoms with Crippen LogP contribution in [0.5, 0.6) is 5.75 Å². The van der Waals surface area contributed by atoms with Gasteiger partial charge in [-0.3, -0.25) is 0 Å². The van der Waals surface area contributed by atoms with Gasteiger partial charge in [-0.15, -0.1) is 23.5 Å². The second-order valence-corrected chi connectivity index (χ2v) is 8.03. The fourth-order valence-electron chi connectivity index (χ4n) is 2.79. The molecule has 0 atom stereocenters. The van der Waals surface area contributed by atoms with Gasteiger partial charge in [0.15, 0.2) is 0 Å². The maximum Gasteiger partial charge on any atom is 0.134 e. The van der Waals surface area contributed by atoms with Crippen LogP contribution in [0.2, 0.25) is 0 Å². The predicted octanol–water partition coefficient (Wildman–Crippen LogP) is 5.97. The molecule has 3 aromatic rings. The van der Waals surface area contributed by atoms with E-state index in [0.29, 0.717) is 0 Å². The first-order chi connectivity index (χ1) is 12.1. The summed E-state index contributed by atoms with van der Waals surface area (Å²) in [5, 5.41) is 0. The van der Waals surface area contributed by atoms with E-state index < -0.39 is 0 Å². The van der Waals surface area contributed by atoms with Crippen molar-refractivity contribution < 1.29 is 4.74 Å². The summed E-state index contributed by atoms with van der Waals surface area (Å²) in [6.45, 7) is 0. The third kappa shape index (κ3) is 3.61. The molecule has 2 aromatic carbocycles. The Bertz CT molecular complexity index is 891. The summed E-state index contributed by atoms with van der Waals surface area (Å²) in [6, 6.07) is 12.7. The first-order valence-electron chi connectivity index (χ1n) is 7.66. The molecule has 0 aliphatic carbocycles. The highest BCUT2D eigenvalue weighted by atomic mass is 79.9. The molecular formula is C19H19BrN2OS2. The van der Waals surface area contributed by atoms with E-state index in [0.717, 1.165) is 37.6 Å². The largest absolute Gasteiger partial charge is 0.496 e. The van der Waals surface area contributed by atoms with Gasteiger partial charge in [0.1, 0.15) is 5.75 Å². The highest BCUT2D eigenvalue weighted by molar-refractivity contribution is 9.10. The zero-order valence-corrected chi connectivity index (χ0v) is 17.8. The number of hydrogen-bond acceptors (Lipinski definition) is 4. The van der Waals surface area contributed by atoms with Crippen LogP contribution in [0, 0.1) is 0 Å². The van der Waals surface area contributed by atoms with Crippen LogP contribution in [0.25, 0.3) is 22.5 Å². The van der Waals surface area contributed by atoms with Gasteiger partial charge in [0, 0.05) is 27.5 Å². The maximum atomic E-state index is 5.57. The van der Waals surface area contributed by atoms with Crippen molar-refractivity contribution in [2.45, 2.75) is 9.79 Å². The van der Waals surface area contributed by atoms with E-state index in [9.17, 15) is 0 Å². The molecule has 0 aliphatic rings. The van der Waals surface area contributed by atoms with E-state index in [1.165, 1.54) is 4.90 Å². The van der Waals surface area contributed by atoms with Crippen LogP contribution >= 0.6 is 39.5 Å². The van der Waals surface area contributed by atoms with Crippen LogP contribution in [0.15, 0.2) is 57.0 Å². The molecule has 1 aromatic heterocycles. The minimum absolute atomic E-state index is 0.853. The minimum Gasteiger partial charge on any atom is -0.496 e. The Morgan fingerprint density at radius 1 is 1.04 bits per heavy atom. The molecule has 6 heteroatoms. The summed E-state index contributed by atoms with van der Waals surface area (Å²) in [5.74, 6) is 0.853. The van der Waals surface area contributed by atoms with Crippen LogP contribution in [0.1, 0.15) is 0 Å². The van der Waals surface area contributed by atoms with Gasteiger partial charge in [-0.05, 0) is 52.7 Å². The van der Waals surface area contributed by atoms with Crippen LogP contribution in [-0.4, -0.2) is 29.2 Å². The van der Waals surface area contributed by atoms with Crippen molar-refractivity contribution in [3.8, 4) is 28.3 Å². The summed E-state index contributed by atoms with van der Waals surface area (Å²) in [6.07, 6.45) is 5.99. The molecule has 0 saturated carbocycles. The molecule has 0 radical (unpaired) electrons. The van der Waals surface area contributed by atoms with Gasteiger partial charge in [0.25, 0.3) is 0 Å². The second-order valence-electron chi connectivity index (χ2n) is 5.47. The Morgan fingerprint density at radius 3 is 2.36 bits per heavy atom. The summed E-state index contributed by atoms with van der Waals surface area (Å²) in [7, 11) is 3.72. The minimum atomic E-state index is 0.853. The van der Waals surface area contributed by atoms with E-state index in [2.05, 4.69) is 68.1 Å². The highest BCUT2D eigenvalue weighted by Crippen LogP contribution is 2.40. The highest BCUT2D eigenvalue weighted by Gasteiger charge is 2.17. The fourth-order valence-corrected chi connectivity index (χ4v) is 4.72. The molecule has 130 valence electrons. The van der Waals surface area contributed by atoms with Crippen molar-refractivity contribution in [2.24, 2.45) is 7.05 Å². The number of benzene rings is 2. The van der Waals surface area contributed by atoms with E-state index in [4.69, 9.17) is 4.74 Å². The van der Waals surface area contributed by atoms with Crippen LogP contribution < -0.4 is 4.74 Å². The van der Waals surface area contributed by atoms with Crippen molar-refractivity contribution in [1.29, 1.82) is 0 Å². The summed E-state index contributed by atoms with van der Waals surface area (Å²) in [5.41, 5.74) is 4.23. The third-order valence-electron chi connectivity index (χ3n) is 4.01. The maximum absolute atomic E-state index is 5.57. The lowest BCUT2D eigenvalue weighted by molar-refractivity contribution is 0.404. The van der Waals surface area contributed by atoms with Crippen LogP contribution in [-0.2, 0) is 7.05 Å². The predicted molar refractivity (Wildman–Crippen MR) is 112 cm³/mol. The number of aromatic nitrogens is 2. The number of methoxy groups -OCH3 is 1. The molecule has 0 bridgehead atoms. The third-order valence-corrected chi connectivity index (χ3v) is 6.47. The number of thioether (sulfide) groups is 2. The Kier molecular flexibility index (Phi) is 5.81. The number of aryl methyl sites for hydroxylation is 1. The van der Waals surface area contributed by atoms with Gasteiger partial charge >= 0.3 is 0 Å². The van der Waals surface area contributed by atoms with Crippen molar-refractivity contribution in [3.05, 3.63) is 47.2 Å². The fraction of sp³-hybridized carbons (Fsp3) is 0.211. The van der Waals surface area contributed by atoms with Crippen LogP contribution in [0.4, 0.5) is 0 Å². The molecule has 0 spiro atoms. The molecule has 0 N–H and O–H groups in total. The Balaban J connectivity index is 2.14. The molecule has 1 heterocycles. The summed E-state index contributed by atoms with van der Waals surface area (Å²) < 4.78 is 8.65. The molecule has 0 fully saturated rings. The normalized spacial score (nSPS) is 10.9. The SMILES string of the molecule is COc1cc(-c2ncn(C)c2-c2ccc(SC)cc2)cc(Br)c1SC. The Morgan fingerprint density at radius 2 is 1.76 bits per heavy atom. The number of halogens is 1. The Hall–Kier alpha value is -1.37. The number of ether oxygens (including phenoxy) is 1. The summed E-state index contributed by atoms with van der Waals surface area (Å²) in [4.78, 5) is 6.99. The number of hydrogen-bond donors (Lipinski definition) is 0. The molecule has 3 rings (SSSR count). The second kappa shape index (κ2) is 7.89. The zero-order valence-electron chi connectivity index (χ0n) is 14.5. The molecule has 25 heavy (non-hydrogen) atoms. The standard InChI is InChI=1S/C19H19BrN2OS2/c1-22-11-21-17(18(22)12-5-7-14(24-3)8-6-12)13-9-15(20)19(25-4)16(10-13)23-2/h5-11H,1-4H3. The molecule has 0 unspecified atom stereocenters. The van der Waals surface area contributed by atoms with E-state index in [1.54, 1.807) is 30.6 Å². The topological polar surface area (TPSA) is 27.1 Å². The molecule has 3 nitrogen and oxygen atoms in total. The Labute approximate surface area is 165 Å². The van der Waals surface area contributed by atoms with Crippen molar-refractivity contribution >= 4 is 39.5 Å². The van der Waals surface area contributed by atoms with Gasteiger partial charge in [0.05, 0.1) is 29.7 Å². The smallest absolute Gasteiger partial charge is 0.134 e. The zero-order chi connectivity index (χ0) is 18.0. The van der Waals surface area contributed by atoms with Gasteiger partial charge in [-0.1, -0.05) is 12.1 Å². The number of nitrogens with zero attached hydrogens (tertiary/aromatic N) is 2. The molecule has 0 saturated heterocycles. The van der Waals surface area contributed by atoms with Gasteiger partial charge < -0.3 is 9.30 Å².